The molecule has 0 aliphatic rings. The summed E-state index contributed by atoms with van der Waals surface area (Å²) in [5.74, 6) is -1.09. The van der Waals surface area contributed by atoms with E-state index in [0.29, 0.717) is 10.8 Å². The van der Waals surface area contributed by atoms with Gasteiger partial charge in [0.15, 0.2) is 5.13 Å². The van der Waals surface area contributed by atoms with Crippen LogP contribution in [0.3, 0.4) is 0 Å². The number of nitrogens with zero attached hydrogens (tertiary/aromatic N) is 1. The molecule has 4 aromatic rings. The van der Waals surface area contributed by atoms with Gasteiger partial charge in [-0.25, -0.2) is 9.37 Å². The van der Waals surface area contributed by atoms with E-state index in [1.165, 1.54) is 41.3 Å². The fraction of sp³-hybridized carbons (Fsp3) is 0.0800. The second-order valence-corrected chi connectivity index (χ2v) is 9.34. The molecule has 166 valence electrons. The molecule has 5 nitrogen and oxygen atoms in total. The number of thioether (sulfide) groups is 1. The van der Waals surface area contributed by atoms with Crippen LogP contribution in [0.5, 0.6) is 0 Å². The summed E-state index contributed by atoms with van der Waals surface area (Å²) in [6, 6.07) is 22.7. The Bertz CT molecular complexity index is 1290. The zero-order chi connectivity index (χ0) is 23.2. The van der Waals surface area contributed by atoms with E-state index in [-0.39, 0.29) is 17.2 Å². The fourth-order valence-electron chi connectivity index (χ4n) is 3.13. The number of aryl methyl sites for hydroxylation is 1. The number of benzene rings is 3. The Balaban J connectivity index is 1.35. The minimum Gasteiger partial charge on any atom is -0.322 e. The zero-order valence-electron chi connectivity index (χ0n) is 17.7. The van der Waals surface area contributed by atoms with Crippen molar-refractivity contribution in [3.8, 4) is 11.3 Å². The Morgan fingerprint density at radius 2 is 1.73 bits per heavy atom. The first kappa shape index (κ1) is 22.7. The lowest BCUT2D eigenvalue weighted by molar-refractivity contribution is -0.113. The van der Waals surface area contributed by atoms with Crippen LogP contribution in [-0.2, 0) is 4.79 Å². The molecular weight excluding hydrogens is 457 g/mol. The van der Waals surface area contributed by atoms with Gasteiger partial charge in [0.25, 0.3) is 5.91 Å². The maximum Gasteiger partial charge on any atom is 0.258 e. The van der Waals surface area contributed by atoms with Crippen LogP contribution in [0.1, 0.15) is 15.2 Å². The second-order valence-electron chi connectivity index (χ2n) is 7.09. The van der Waals surface area contributed by atoms with Crippen LogP contribution in [0.15, 0.2) is 83.8 Å². The molecule has 0 atom stereocenters. The largest absolute Gasteiger partial charge is 0.322 e. The third kappa shape index (κ3) is 5.85. The normalized spacial score (nSPS) is 10.6. The summed E-state index contributed by atoms with van der Waals surface area (Å²) in [6.45, 7) is 1.98. The van der Waals surface area contributed by atoms with E-state index in [9.17, 15) is 14.0 Å². The topological polar surface area (TPSA) is 71.1 Å². The van der Waals surface area contributed by atoms with Crippen LogP contribution >= 0.6 is 23.1 Å². The van der Waals surface area contributed by atoms with Crippen LogP contribution in [-0.4, -0.2) is 22.6 Å². The Labute approximate surface area is 199 Å². The molecule has 2 N–H and O–H groups in total. The van der Waals surface area contributed by atoms with Gasteiger partial charge in [0.1, 0.15) is 5.82 Å². The standard InChI is InChI=1S/C25H20FN3O2S2/c1-16-23(17-8-3-2-4-9-17)29-25(33-16)28-22(30)15-32-19-11-7-10-18(14-19)27-24(31)20-12-5-6-13-21(20)26/h2-14H,15H2,1H3,(H,27,31)(H,28,29,30). The van der Waals surface area contributed by atoms with Crippen LogP contribution in [0.25, 0.3) is 11.3 Å². The molecular formula is C25H20FN3O2S2. The van der Waals surface area contributed by atoms with Crippen molar-refractivity contribution in [3.63, 3.8) is 0 Å². The quantitative estimate of drug-likeness (QED) is 0.309. The number of thiazole rings is 1. The number of halogens is 1. The van der Waals surface area contributed by atoms with Gasteiger partial charge in [-0.15, -0.1) is 23.1 Å². The summed E-state index contributed by atoms with van der Waals surface area (Å²) in [4.78, 5) is 31.2. The van der Waals surface area contributed by atoms with Crippen molar-refractivity contribution < 1.29 is 14.0 Å². The predicted octanol–water partition coefficient (Wildman–Crippen LogP) is 6.24. The summed E-state index contributed by atoms with van der Waals surface area (Å²) in [5, 5.41) is 6.10. The molecule has 1 aromatic heterocycles. The van der Waals surface area contributed by atoms with Crippen molar-refractivity contribution in [1.29, 1.82) is 0 Å². The Kier molecular flexibility index (Phi) is 7.16. The molecule has 0 saturated heterocycles. The lowest BCUT2D eigenvalue weighted by Gasteiger charge is -2.08. The van der Waals surface area contributed by atoms with Gasteiger partial charge < -0.3 is 10.6 Å². The van der Waals surface area contributed by atoms with Gasteiger partial charge in [-0.2, -0.15) is 0 Å². The van der Waals surface area contributed by atoms with Crippen LogP contribution in [0.4, 0.5) is 15.2 Å². The Morgan fingerprint density at radius 3 is 2.52 bits per heavy atom. The molecule has 0 unspecified atom stereocenters. The molecule has 0 saturated carbocycles. The number of aromatic nitrogens is 1. The number of hydrogen-bond acceptors (Lipinski definition) is 5. The van der Waals surface area contributed by atoms with E-state index in [1.54, 1.807) is 24.3 Å². The van der Waals surface area contributed by atoms with Crippen molar-refractivity contribution in [2.75, 3.05) is 16.4 Å². The van der Waals surface area contributed by atoms with Crippen molar-refractivity contribution in [2.45, 2.75) is 11.8 Å². The fourth-order valence-corrected chi connectivity index (χ4v) is 4.73. The number of amides is 2. The monoisotopic (exact) mass is 477 g/mol. The van der Waals surface area contributed by atoms with Crippen LogP contribution in [0.2, 0.25) is 0 Å². The molecule has 2 amide bonds. The summed E-state index contributed by atoms with van der Waals surface area (Å²) < 4.78 is 13.8. The summed E-state index contributed by atoms with van der Waals surface area (Å²) in [5.41, 5.74) is 2.37. The Morgan fingerprint density at radius 1 is 0.970 bits per heavy atom. The highest BCUT2D eigenvalue weighted by molar-refractivity contribution is 8.00. The predicted molar refractivity (Wildman–Crippen MR) is 132 cm³/mol. The number of carbonyl (C=O) groups excluding carboxylic acids is 2. The van der Waals surface area contributed by atoms with Gasteiger partial charge in [-0.05, 0) is 37.3 Å². The third-order valence-electron chi connectivity index (χ3n) is 4.67. The SMILES string of the molecule is Cc1sc(NC(=O)CSc2cccc(NC(=O)c3ccccc3F)c2)nc1-c1ccccc1. The molecule has 4 rings (SSSR count). The minimum atomic E-state index is -0.579. The van der Waals surface area contributed by atoms with Crippen molar-refractivity contribution in [3.05, 3.63) is 95.1 Å². The maximum atomic E-state index is 13.8. The average molecular weight is 478 g/mol. The number of rotatable bonds is 7. The molecule has 3 aromatic carbocycles. The number of carbonyl (C=O) groups is 2. The van der Waals surface area contributed by atoms with E-state index in [2.05, 4.69) is 15.6 Å². The van der Waals surface area contributed by atoms with Crippen LogP contribution < -0.4 is 10.6 Å². The van der Waals surface area contributed by atoms with E-state index in [0.717, 1.165) is 21.0 Å². The van der Waals surface area contributed by atoms with Gasteiger partial charge in [-0.1, -0.05) is 48.5 Å². The van der Waals surface area contributed by atoms with E-state index >= 15 is 0 Å². The van der Waals surface area contributed by atoms with Gasteiger partial charge in [0, 0.05) is 21.0 Å². The van der Waals surface area contributed by atoms with E-state index in [4.69, 9.17) is 0 Å². The molecule has 0 aliphatic carbocycles. The molecule has 0 radical (unpaired) electrons. The molecule has 0 bridgehead atoms. The van der Waals surface area contributed by atoms with Gasteiger partial charge in [-0.3, -0.25) is 9.59 Å². The smallest absolute Gasteiger partial charge is 0.258 e. The molecule has 0 spiro atoms. The number of nitrogens with one attached hydrogen (secondary N) is 2. The highest BCUT2D eigenvalue weighted by Crippen LogP contribution is 2.30. The third-order valence-corrected chi connectivity index (χ3v) is 6.55. The zero-order valence-corrected chi connectivity index (χ0v) is 19.3. The molecule has 0 fully saturated rings. The van der Waals surface area contributed by atoms with Crippen molar-refractivity contribution in [1.82, 2.24) is 4.98 Å². The van der Waals surface area contributed by atoms with E-state index in [1.807, 2.05) is 43.3 Å². The first-order chi connectivity index (χ1) is 16.0. The lowest BCUT2D eigenvalue weighted by Crippen LogP contribution is -2.14. The van der Waals surface area contributed by atoms with E-state index < -0.39 is 11.7 Å². The summed E-state index contributed by atoms with van der Waals surface area (Å²) in [7, 11) is 0. The lowest BCUT2D eigenvalue weighted by atomic mass is 10.1. The summed E-state index contributed by atoms with van der Waals surface area (Å²) >= 11 is 2.77. The summed E-state index contributed by atoms with van der Waals surface area (Å²) in [6.07, 6.45) is 0. The highest BCUT2D eigenvalue weighted by Gasteiger charge is 2.13. The Hall–Kier alpha value is -3.49. The number of hydrogen-bond donors (Lipinski definition) is 2. The van der Waals surface area contributed by atoms with Gasteiger partial charge in [0.2, 0.25) is 5.91 Å². The first-order valence-corrected chi connectivity index (χ1v) is 11.9. The van der Waals surface area contributed by atoms with Crippen molar-refractivity contribution in [2.24, 2.45) is 0 Å². The van der Waals surface area contributed by atoms with Crippen molar-refractivity contribution >= 4 is 45.7 Å². The molecule has 0 aliphatic heterocycles. The second kappa shape index (κ2) is 10.4. The van der Waals surface area contributed by atoms with Gasteiger partial charge >= 0.3 is 0 Å². The van der Waals surface area contributed by atoms with Gasteiger partial charge in [0.05, 0.1) is 17.0 Å². The highest BCUT2D eigenvalue weighted by atomic mass is 32.2. The first-order valence-electron chi connectivity index (χ1n) is 10.1. The molecule has 1 heterocycles. The number of anilines is 2. The molecule has 33 heavy (non-hydrogen) atoms. The van der Waals surface area contributed by atoms with Crippen LogP contribution in [0, 0.1) is 12.7 Å². The average Bonchev–Trinajstić information content (AvgIpc) is 3.18. The maximum absolute atomic E-state index is 13.8. The minimum absolute atomic E-state index is 0.0245. The molecule has 8 heteroatoms.